The van der Waals surface area contributed by atoms with E-state index in [0.29, 0.717) is 0 Å². The monoisotopic (exact) mass is 232 g/mol. The molecule has 0 saturated heterocycles. The van der Waals surface area contributed by atoms with E-state index in [-0.39, 0.29) is 0 Å². The number of carboxylic acids is 1. The lowest BCUT2D eigenvalue weighted by Gasteiger charge is -2.13. The molecule has 1 rings (SSSR count). The summed E-state index contributed by atoms with van der Waals surface area (Å²) in [7, 11) is 0. The van der Waals surface area contributed by atoms with Gasteiger partial charge in [0.1, 0.15) is 0 Å². The number of H-pyrrole nitrogens is 1. The van der Waals surface area contributed by atoms with Crippen molar-refractivity contribution < 1.29 is 31.9 Å². The summed E-state index contributed by atoms with van der Waals surface area (Å²) in [6.07, 6.45) is -0.932. The van der Waals surface area contributed by atoms with Crippen LogP contribution in [-0.4, -0.2) is 33.1 Å². The molecule has 15 heavy (non-hydrogen) atoms. The summed E-state index contributed by atoms with van der Waals surface area (Å²) in [5.74, 6) is -8.84. The Morgan fingerprint density at radius 1 is 1.27 bits per heavy atom. The van der Waals surface area contributed by atoms with Gasteiger partial charge in [-0.3, -0.25) is 0 Å². The van der Waals surface area contributed by atoms with Crippen LogP contribution in [0.15, 0.2) is 18.7 Å². The molecule has 9 heteroatoms. The highest BCUT2D eigenvalue weighted by atomic mass is 19.4. The zero-order valence-electron chi connectivity index (χ0n) is 6.92. The number of carbonyl (C=O) groups is 1. The fourth-order valence-corrected chi connectivity index (χ4v) is 0.336. The third kappa shape index (κ3) is 3.92. The maximum atomic E-state index is 11.3. The Morgan fingerprint density at radius 3 is 1.87 bits per heavy atom. The SMILES string of the molecule is O=C(O)C(F)(F)C(F)(F)F.c1c[nH]cn1. The van der Waals surface area contributed by atoms with Gasteiger partial charge in [-0.15, -0.1) is 0 Å². The Balaban J connectivity index is 0.000000322. The van der Waals surface area contributed by atoms with E-state index in [4.69, 9.17) is 5.11 Å². The molecular weight excluding hydrogens is 227 g/mol. The normalized spacial score (nSPS) is 11.5. The number of halogens is 5. The summed E-state index contributed by atoms with van der Waals surface area (Å²) in [6, 6.07) is 0. The van der Waals surface area contributed by atoms with Crippen LogP contribution in [0.4, 0.5) is 22.0 Å². The Kier molecular flexibility index (Phi) is 4.19. The molecule has 0 radical (unpaired) electrons. The third-order valence-electron chi connectivity index (χ3n) is 1.03. The summed E-state index contributed by atoms with van der Waals surface area (Å²) in [5, 5.41) is 7.31. The van der Waals surface area contributed by atoms with Gasteiger partial charge in [-0.1, -0.05) is 0 Å². The van der Waals surface area contributed by atoms with Gasteiger partial charge in [0, 0.05) is 12.4 Å². The van der Waals surface area contributed by atoms with Crippen molar-refractivity contribution in [2.75, 3.05) is 0 Å². The van der Waals surface area contributed by atoms with Crippen molar-refractivity contribution in [2.45, 2.75) is 12.1 Å². The van der Waals surface area contributed by atoms with Crippen LogP contribution in [0.1, 0.15) is 0 Å². The Bertz CT molecular complexity index is 278. The van der Waals surface area contributed by atoms with Crippen molar-refractivity contribution in [3.05, 3.63) is 18.7 Å². The summed E-state index contributed by atoms with van der Waals surface area (Å²) in [5.41, 5.74) is 0. The largest absolute Gasteiger partial charge is 0.477 e. The first kappa shape index (κ1) is 13.3. The lowest BCUT2D eigenvalue weighted by Crippen LogP contribution is -2.43. The number of hydrogen-bond acceptors (Lipinski definition) is 2. The van der Waals surface area contributed by atoms with Crippen LogP contribution in [-0.2, 0) is 4.79 Å². The lowest BCUT2D eigenvalue weighted by molar-refractivity contribution is -0.277. The van der Waals surface area contributed by atoms with Gasteiger partial charge in [-0.25, -0.2) is 9.78 Å². The first-order chi connectivity index (χ1) is 6.69. The first-order valence-electron chi connectivity index (χ1n) is 3.30. The number of nitrogens with zero attached hydrogens (tertiary/aromatic N) is 1. The minimum atomic E-state index is -6.02. The Hall–Kier alpha value is -1.67. The maximum Gasteiger partial charge on any atom is 0.465 e. The molecular formula is C6H5F5N2O2. The van der Waals surface area contributed by atoms with Crippen molar-refractivity contribution in [1.82, 2.24) is 9.97 Å². The highest BCUT2D eigenvalue weighted by molar-refractivity contribution is 5.76. The van der Waals surface area contributed by atoms with Crippen molar-refractivity contribution in [1.29, 1.82) is 0 Å². The molecule has 0 aromatic carbocycles. The smallest absolute Gasteiger partial charge is 0.465 e. The second-order valence-corrected chi connectivity index (χ2v) is 2.14. The van der Waals surface area contributed by atoms with Crippen LogP contribution in [0, 0.1) is 0 Å². The van der Waals surface area contributed by atoms with Gasteiger partial charge in [0.2, 0.25) is 0 Å². The quantitative estimate of drug-likeness (QED) is 0.724. The molecule has 0 bridgehead atoms. The van der Waals surface area contributed by atoms with E-state index < -0.39 is 18.1 Å². The molecule has 1 heterocycles. The predicted molar refractivity (Wildman–Crippen MR) is 37.2 cm³/mol. The summed E-state index contributed by atoms with van der Waals surface area (Å²) >= 11 is 0. The molecule has 0 aliphatic heterocycles. The van der Waals surface area contributed by atoms with Crippen LogP contribution in [0.5, 0.6) is 0 Å². The molecule has 0 fully saturated rings. The summed E-state index contributed by atoms with van der Waals surface area (Å²) in [4.78, 5) is 15.6. The van der Waals surface area contributed by atoms with Crippen LogP contribution in [0.25, 0.3) is 0 Å². The molecule has 86 valence electrons. The number of nitrogens with one attached hydrogen (secondary N) is 1. The predicted octanol–water partition coefficient (Wildman–Crippen LogP) is 1.68. The first-order valence-corrected chi connectivity index (χ1v) is 3.30. The van der Waals surface area contributed by atoms with Crippen molar-refractivity contribution in [3.63, 3.8) is 0 Å². The topological polar surface area (TPSA) is 66.0 Å². The number of rotatable bonds is 1. The lowest BCUT2D eigenvalue weighted by atomic mass is 10.3. The van der Waals surface area contributed by atoms with Crippen molar-refractivity contribution in [2.24, 2.45) is 0 Å². The average molecular weight is 232 g/mol. The molecule has 0 aliphatic carbocycles. The molecule has 2 N–H and O–H groups in total. The molecule has 0 atom stereocenters. The average Bonchev–Trinajstić information content (AvgIpc) is 2.57. The highest BCUT2D eigenvalue weighted by Gasteiger charge is 2.64. The fourth-order valence-electron chi connectivity index (χ4n) is 0.336. The van der Waals surface area contributed by atoms with Crippen LogP contribution < -0.4 is 0 Å². The van der Waals surface area contributed by atoms with Gasteiger partial charge >= 0.3 is 18.1 Å². The van der Waals surface area contributed by atoms with Gasteiger partial charge in [0.25, 0.3) is 0 Å². The van der Waals surface area contributed by atoms with Gasteiger partial charge in [-0.05, 0) is 0 Å². The fraction of sp³-hybridized carbons (Fsp3) is 0.333. The van der Waals surface area contributed by atoms with E-state index in [1.807, 2.05) is 0 Å². The third-order valence-corrected chi connectivity index (χ3v) is 1.03. The molecule has 0 aliphatic rings. The number of alkyl halides is 5. The second-order valence-electron chi connectivity index (χ2n) is 2.14. The van der Waals surface area contributed by atoms with E-state index in [2.05, 4.69) is 9.97 Å². The zero-order valence-corrected chi connectivity index (χ0v) is 6.92. The van der Waals surface area contributed by atoms with Crippen LogP contribution in [0.2, 0.25) is 0 Å². The second kappa shape index (κ2) is 4.71. The highest BCUT2D eigenvalue weighted by Crippen LogP contribution is 2.35. The number of hydrogen-bond donors (Lipinski definition) is 2. The van der Waals surface area contributed by atoms with E-state index >= 15 is 0 Å². The molecule has 1 aromatic rings. The minimum absolute atomic E-state index is 1.62. The van der Waals surface area contributed by atoms with Gasteiger partial charge in [-0.2, -0.15) is 22.0 Å². The van der Waals surface area contributed by atoms with Gasteiger partial charge in [0.15, 0.2) is 0 Å². The standard InChI is InChI=1S/C3HF5O2.C3H4N2/c4-2(5,1(9)10)3(6,7)8;1-2-5-3-4-1/h(H,9,10);1-3H,(H,4,5). The number of aromatic amines is 1. The van der Waals surface area contributed by atoms with E-state index in [1.54, 1.807) is 18.7 Å². The number of imidazole rings is 1. The number of carboxylic acid groups (broad SMARTS) is 1. The molecule has 1 aromatic heterocycles. The van der Waals surface area contributed by atoms with Crippen molar-refractivity contribution >= 4 is 5.97 Å². The molecule has 0 unspecified atom stereocenters. The summed E-state index contributed by atoms with van der Waals surface area (Å²) < 4.78 is 55.5. The number of aliphatic carboxylic acids is 1. The van der Waals surface area contributed by atoms with E-state index in [1.165, 1.54) is 0 Å². The van der Waals surface area contributed by atoms with E-state index in [0.717, 1.165) is 0 Å². The van der Waals surface area contributed by atoms with Gasteiger partial charge < -0.3 is 10.1 Å². The van der Waals surface area contributed by atoms with Crippen molar-refractivity contribution in [3.8, 4) is 0 Å². The summed E-state index contributed by atoms with van der Waals surface area (Å²) in [6.45, 7) is 0. The molecule has 0 spiro atoms. The van der Waals surface area contributed by atoms with E-state index in [9.17, 15) is 26.7 Å². The minimum Gasteiger partial charge on any atom is -0.477 e. The Labute approximate surface area is 79.7 Å². The molecule has 0 saturated carbocycles. The molecule has 4 nitrogen and oxygen atoms in total. The number of aromatic nitrogens is 2. The zero-order chi connectivity index (χ0) is 12.1. The van der Waals surface area contributed by atoms with Gasteiger partial charge in [0.05, 0.1) is 6.33 Å². The van der Waals surface area contributed by atoms with Crippen LogP contribution in [0.3, 0.4) is 0 Å². The Morgan fingerprint density at radius 2 is 1.80 bits per heavy atom. The van der Waals surface area contributed by atoms with Crippen LogP contribution >= 0.6 is 0 Å². The molecule has 0 amide bonds. The maximum absolute atomic E-state index is 11.3.